The Hall–Kier alpha value is -2.22. The lowest BCUT2D eigenvalue weighted by Crippen LogP contribution is -2.43. The van der Waals surface area contributed by atoms with Crippen molar-refractivity contribution in [3.8, 4) is 0 Å². The van der Waals surface area contributed by atoms with E-state index in [4.69, 9.17) is 0 Å². The third-order valence-electron chi connectivity index (χ3n) is 3.65. The molecule has 3 rings (SSSR count). The van der Waals surface area contributed by atoms with Crippen LogP contribution in [0.3, 0.4) is 0 Å². The van der Waals surface area contributed by atoms with E-state index in [1.165, 1.54) is 22.6 Å². The van der Waals surface area contributed by atoms with Crippen LogP contribution in [-0.2, 0) is 17.6 Å². The van der Waals surface area contributed by atoms with Gasteiger partial charge in [-0.15, -0.1) is 11.3 Å². The van der Waals surface area contributed by atoms with Gasteiger partial charge >= 0.3 is 5.97 Å². The Kier molecular flexibility index (Phi) is 3.93. The lowest BCUT2D eigenvalue weighted by Gasteiger charge is -2.31. The monoisotopic (exact) mass is 320 g/mol. The highest BCUT2D eigenvalue weighted by Gasteiger charge is 2.38. The lowest BCUT2D eigenvalue weighted by molar-refractivity contribution is -0.143. The fraction of sp³-hybridized carbons (Fsp3) is 0.429. The molecule has 0 fully saturated rings. The lowest BCUT2D eigenvalue weighted by atomic mass is 10.0. The molecule has 2 N–H and O–H groups in total. The van der Waals surface area contributed by atoms with Gasteiger partial charge in [0.05, 0.1) is 17.0 Å². The quantitative estimate of drug-likeness (QED) is 0.892. The van der Waals surface area contributed by atoms with E-state index in [1.807, 2.05) is 6.92 Å². The first kappa shape index (κ1) is 14.7. The molecule has 0 spiro atoms. The zero-order valence-corrected chi connectivity index (χ0v) is 12.9. The van der Waals surface area contributed by atoms with Gasteiger partial charge in [-0.05, 0) is 12.8 Å². The highest BCUT2D eigenvalue weighted by atomic mass is 32.1. The van der Waals surface area contributed by atoms with Crippen molar-refractivity contribution in [3.63, 3.8) is 0 Å². The average molecular weight is 320 g/mol. The second-order valence-electron chi connectivity index (χ2n) is 5.13. The van der Waals surface area contributed by atoms with Gasteiger partial charge in [0.1, 0.15) is 5.69 Å². The molecule has 0 unspecified atom stereocenters. The number of aliphatic carboxylic acids is 1. The predicted molar refractivity (Wildman–Crippen MR) is 79.8 cm³/mol. The van der Waals surface area contributed by atoms with E-state index in [2.05, 4.69) is 15.0 Å². The number of hydrogen-bond donors (Lipinski definition) is 2. The SMILES string of the molecule is CCCc1nc(C(=O)N2CCc3[nH]cnc3[C@H]2C(=O)O)cs1. The first-order valence-electron chi connectivity index (χ1n) is 7.12. The maximum absolute atomic E-state index is 12.6. The van der Waals surface area contributed by atoms with Crippen LogP contribution in [0.15, 0.2) is 11.7 Å². The van der Waals surface area contributed by atoms with E-state index in [9.17, 15) is 14.7 Å². The molecule has 0 radical (unpaired) electrons. The van der Waals surface area contributed by atoms with Crippen molar-refractivity contribution in [2.75, 3.05) is 6.54 Å². The second kappa shape index (κ2) is 5.88. The van der Waals surface area contributed by atoms with Crippen LogP contribution in [0.5, 0.6) is 0 Å². The Labute approximate surface area is 131 Å². The molecule has 1 atom stereocenters. The number of hydrogen-bond acceptors (Lipinski definition) is 5. The number of aromatic amines is 1. The number of aromatic nitrogens is 3. The Balaban J connectivity index is 1.89. The van der Waals surface area contributed by atoms with Crippen molar-refractivity contribution in [2.45, 2.75) is 32.2 Å². The van der Waals surface area contributed by atoms with Gasteiger partial charge in [0.2, 0.25) is 0 Å². The molecular weight excluding hydrogens is 304 g/mol. The third kappa shape index (κ3) is 2.50. The van der Waals surface area contributed by atoms with E-state index >= 15 is 0 Å². The number of rotatable bonds is 4. The van der Waals surface area contributed by atoms with Crippen LogP contribution >= 0.6 is 11.3 Å². The summed E-state index contributed by atoms with van der Waals surface area (Å²) in [5.41, 5.74) is 1.51. The van der Waals surface area contributed by atoms with Gasteiger partial charge in [-0.1, -0.05) is 6.92 Å². The van der Waals surface area contributed by atoms with E-state index in [0.29, 0.717) is 24.4 Å². The number of carboxylic acid groups (broad SMARTS) is 1. The number of nitrogens with zero attached hydrogens (tertiary/aromatic N) is 3. The zero-order valence-electron chi connectivity index (χ0n) is 12.1. The van der Waals surface area contributed by atoms with Gasteiger partial charge in [-0.3, -0.25) is 4.79 Å². The molecule has 1 aliphatic rings. The maximum Gasteiger partial charge on any atom is 0.332 e. The molecule has 3 heterocycles. The fourth-order valence-corrected chi connectivity index (χ4v) is 3.50. The number of amides is 1. The Morgan fingerprint density at radius 3 is 3.09 bits per heavy atom. The van der Waals surface area contributed by atoms with Crippen LogP contribution in [0.1, 0.15) is 46.3 Å². The van der Waals surface area contributed by atoms with Crippen LogP contribution in [0, 0.1) is 0 Å². The van der Waals surface area contributed by atoms with Crippen molar-refractivity contribution in [1.29, 1.82) is 0 Å². The molecule has 116 valence electrons. The molecule has 2 aromatic rings. The summed E-state index contributed by atoms with van der Waals surface area (Å²) in [7, 11) is 0. The fourth-order valence-electron chi connectivity index (χ4n) is 2.63. The molecule has 0 saturated carbocycles. The number of H-pyrrole nitrogens is 1. The Morgan fingerprint density at radius 2 is 2.36 bits per heavy atom. The molecule has 0 bridgehead atoms. The molecule has 0 aromatic carbocycles. The van der Waals surface area contributed by atoms with Gasteiger partial charge in [0, 0.05) is 24.0 Å². The average Bonchev–Trinajstić information content (AvgIpc) is 3.14. The van der Waals surface area contributed by atoms with Gasteiger partial charge in [0.25, 0.3) is 5.91 Å². The molecule has 0 saturated heterocycles. The zero-order chi connectivity index (χ0) is 15.7. The number of nitrogens with one attached hydrogen (secondary N) is 1. The number of aryl methyl sites for hydroxylation is 1. The summed E-state index contributed by atoms with van der Waals surface area (Å²) in [4.78, 5) is 36.9. The van der Waals surface area contributed by atoms with Crippen LogP contribution in [0.2, 0.25) is 0 Å². The van der Waals surface area contributed by atoms with Crippen molar-refractivity contribution in [3.05, 3.63) is 33.8 Å². The summed E-state index contributed by atoms with van der Waals surface area (Å²) in [6.07, 6.45) is 3.82. The van der Waals surface area contributed by atoms with Crippen LogP contribution in [0.4, 0.5) is 0 Å². The van der Waals surface area contributed by atoms with Crippen LogP contribution < -0.4 is 0 Å². The van der Waals surface area contributed by atoms with Crippen LogP contribution in [-0.4, -0.2) is 43.4 Å². The van der Waals surface area contributed by atoms with Gasteiger partial charge in [-0.2, -0.15) is 0 Å². The maximum atomic E-state index is 12.6. The van der Waals surface area contributed by atoms with E-state index < -0.39 is 12.0 Å². The predicted octanol–water partition coefficient (Wildman–Crippen LogP) is 1.64. The van der Waals surface area contributed by atoms with Crippen molar-refractivity contribution >= 4 is 23.2 Å². The molecule has 7 nitrogen and oxygen atoms in total. The summed E-state index contributed by atoms with van der Waals surface area (Å²) in [6.45, 7) is 2.39. The second-order valence-corrected chi connectivity index (χ2v) is 6.07. The van der Waals surface area contributed by atoms with Crippen molar-refractivity contribution < 1.29 is 14.7 Å². The minimum atomic E-state index is -1.08. The highest BCUT2D eigenvalue weighted by Crippen LogP contribution is 2.29. The first-order chi connectivity index (χ1) is 10.6. The molecule has 1 aliphatic heterocycles. The molecular formula is C14H16N4O3S. The highest BCUT2D eigenvalue weighted by molar-refractivity contribution is 7.09. The number of fused-ring (bicyclic) bond motifs is 1. The first-order valence-corrected chi connectivity index (χ1v) is 8.00. The number of imidazole rings is 1. The van der Waals surface area contributed by atoms with E-state index in [1.54, 1.807) is 5.38 Å². The normalized spacial score (nSPS) is 17.3. The minimum absolute atomic E-state index is 0.318. The number of thiazole rings is 1. The molecule has 8 heteroatoms. The standard InChI is InChI=1S/C14H16N4O3S/c1-2-3-10-17-9(6-22-10)13(19)18-5-4-8-11(16-7-15-8)12(18)14(20)21/h6-7,12H,2-5H2,1H3,(H,15,16)(H,20,21)/t12-/m0/s1. The Bertz CT molecular complexity index is 709. The summed E-state index contributed by atoms with van der Waals surface area (Å²) in [5.74, 6) is -1.43. The van der Waals surface area contributed by atoms with Crippen molar-refractivity contribution in [2.24, 2.45) is 0 Å². The topological polar surface area (TPSA) is 99.2 Å². The van der Waals surface area contributed by atoms with Gasteiger partial charge in [-0.25, -0.2) is 14.8 Å². The van der Waals surface area contributed by atoms with E-state index in [0.717, 1.165) is 23.5 Å². The molecule has 2 aromatic heterocycles. The number of carbonyl (C=O) groups excluding carboxylic acids is 1. The third-order valence-corrected chi connectivity index (χ3v) is 4.56. The number of carbonyl (C=O) groups is 2. The van der Waals surface area contributed by atoms with Gasteiger partial charge in [0.15, 0.2) is 6.04 Å². The summed E-state index contributed by atoms with van der Waals surface area (Å²) in [5, 5.41) is 12.1. The molecule has 0 aliphatic carbocycles. The van der Waals surface area contributed by atoms with Gasteiger partial charge < -0.3 is 15.0 Å². The number of carboxylic acids is 1. The summed E-state index contributed by atoms with van der Waals surface area (Å²) in [6, 6.07) is -1.06. The minimum Gasteiger partial charge on any atom is -0.479 e. The van der Waals surface area contributed by atoms with Crippen molar-refractivity contribution in [1.82, 2.24) is 19.9 Å². The van der Waals surface area contributed by atoms with E-state index in [-0.39, 0.29) is 5.91 Å². The molecule has 22 heavy (non-hydrogen) atoms. The molecule has 1 amide bonds. The summed E-state index contributed by atoms with van der Waals surface area (Å²) < 4.78 is 0. The largest absolute Gasteiger partial charge is 0.479 e. The smallest absolute Gasteiger partial charge is 0.332 e. The summed E-state index contributed by atoms with van der Waals surface area (Å²) >= 11 is 1.44. The van der Waals surface area contributed by atoms with Crippen LogP contribution in [0.25, 0.3) is 0 Å². The Morgan fingerprint density at radius 1 is 1.55 bits per heavy atom.